The minimum absolute atomic E-state index is 0.280. The molecule has 0 aromatic rings. The van der Waals surface area contributed by atoms with Crippen LogP contribution < -0.4 is 5.32 Å². The highest BCUT2D eigenvalue weighted by Crippen LogP contribution is 2.23. The van der Waals surface area contributed by atoms with Gasteiger partial charge in [0.15, 0.2) is 0 Å². The van der Waals surface area contributed by atoms with Gasteiger partial charge in [0.25, 0.3) is 0 Å². The van der Waals surface area contributed by atoms with E-state index in [0.29, 0.717) is 0 Å². The molecule has 1 nitrogen and oxygen atoms in total. The molecular formula is C56H115N. The van der Waals surface area contributed by atoms with E-state index in [0.717, 1.165) is 43.9 Å². The smallest absolute Gasteiger partial charge is 0.0476 e. The summed E-state index contributed by atoms with van der Waals surface area (Å²) in [6, 6.07) is 0.280. The zero-order valence-electron chi connectivity index (χ0n) is 44.9. The SMILES string of the molecule is C/C=C\C(C)C(C)CC.C=C.C=CC.C=CC(CC1=CC=C(C)C1)N/C(=C/C)C/C=C\C(CC(=C)C)=C(/C)CCC.CC.CC.CC.CC.CC.CC.CC.CC. The summed E-state index contributed by atoms with van der Waals surface area (Å²) < 4.78 is 0. The van der Waals surface area contributed by atoms with Gasteiger partial charge in [-0.3, -0.25) is 0 Å². The Morgan fingerprint density at radius 2 is 1.21 bits per heavy atom. The van der Waals surface area contributed by atoms with Crippen LogP contribution in [-0.2, 0) is 0 Å². The van der Waals surface area contributed by atoms with Crippen molar-refractivity contribution in [3.8, 4) is 0 Å². The van der Waals surface area contributed by atoms with E-state index in [1.165, 1.54) is 46.4 Å². The third-order valence-corrected chi connectivity index (χ3v) is 6.96. The fraction of sp³-hybridized carbons (Fsp3) is 0.643. The van der Waals surface area contributed by atoms with Crippen LogP contribution in [0.3, 0.4) is 0 Å². The first-order chi connectivity index (χ1) is 27.5. The Morgan fingerprint density at radius 3 is 1.51 bits per heavy atom. The Hall–Kier alpha value is -2.80. The third kappa shape index (κ3) is 71.4. The average molecular weight is 803 g/mol. The average Bonchev–Trinajstić information content (AvgIpc) is 3.70. The Labute approximate surface area is 368 Å². The molecule has 0 fully saturated rings. The number of nitrogens with one attached hydrogen (secondary N) is 1. The van der Waals surface area contributed by atoms with Crippen LogP contribution in [0.1, 0.15) is 225 Å². The molecule has 0 aromatic heterocycles. The van der Waals surface area contributed by atoms with E-state index >= 15 is 0 Å². The topological polar surface area (TPSA) is 12.0 Å². The Balaban J connectivity index is -0.0000000648. The molecule has 0 radical (unpaired) electrons. The summed E-state index contributed by atoms with van der Waals surface area (Å²) in [5, 5.41) is 3.66. The van der Waals surface area contributed by atoms with Gasteiger partial charge in [-0.2, -0.15) is 0 Å². The zero-order valence-corrected chi connectivity index (χ0v) is 44.9. The standard InChI is InChI=1S/C26H39N.C9H18.C3H6.8C2H6.C2H4/c1-8-12-22(7)24(17-20(4)5)13-11-14-25(9-2)27-26(10-3)19-23-16-15-21(6)18-23;1-5-7-9(4)8(3)6-2;1-3-2;9*1-2/h9-11,13,15-16,26-27H,3-4,8,12,14,17-19H2,1-2,5-7H3;5,7-9H,6H2,1-4H3;3H,1H2,2H3;8*1-2H3;1-2H2/b13-11-,24-22-,25-9+;7-5-;;;;;;;;;;. The maximum absolute atomic E-state index is 4.09. The largest absolute Gasteiger partial charge is 0.382 e. The van der Waals surface area contributed by atoms with Crippen molar-refractivity contribution in [3.63, 3.8) is 0 Å². The van der Waals surface area contributed by atoms with Crippen molar-refractivity contribution >= 4 is 0 Å². The Kier molecular flexibility index (Phi) is 123. The fourth-order valence-electron chi connectivity index (χ4n) is 4.26. The summed E-state index contributed by atoms with van der Waals surface area (Å²) in [4.78, 5) is 0. The maximum atomic E-state index is 4.09. The molecular weight excluding hydrogens is 687 g/mol. The number of rotatable bonds is 15. The molecule has 0 heterocycles. The minimum atomic E-state index is 0.280. The van der Waals surface area contributed by atoms with Crippen LogP contribution in [-0.4, -0.2) is 6.04 Å². The van der Waals surface area contributed by atoms with Gasteiger partial charge in [0, 0.05) is 18.2 Å². The number of allylic oxidation sites excluding steroid dienone is 12. The van der Waals surface area contributed by atoms with Crippen LogP contribution in [0.25, 0.3) is 0 Å². The quantitative estimate of drug-likeness (QED) is 0.128. The number of hydrogen-bond acceptors (Lipinski definition) is 1. The lowest BCUT2D eigenvalue weighted by Gasteiger charge is -2.19. The second kappa shape index (κ2) is 85.4. The lowest BCUT2D eigenvalue weighted by atomic mass is 9.93. The lowest BCUT2D eigenvalue weighted by molar-refractivity contribution is 0.446. The van der Waals surface area contributed by atoms with E-state index in [2.05, 4.69) is 143 Å². The summed E-state index contributed by atoms with van der Waals surface area (Å²) in [6.07, 6.45) is 27.0. The summed E-state index contributed by atoms with van der Waals surface area (Å²) in [7, 11) is 0. The van der Waals surface area contributed by atoms with Crippen molar-refractivity contribution in [1.82, 2.24) is 5.32 Å². The predicted octanol–water partition coefficient (Wildman–Crippen LogP) is 21.2. The van der Waals surface area contributed by atoms with Gasteiger partial charge in [-0.05, 0) is 84.6 Å². The molecule has 0 saturated heterocycles. The molecule has 0 aliphatic heterocycles. The molecule has 1 aliphatic rings. The first-order valence-corrected chi connectivity index (χ1v) is 23.6. The second-order valence-electron chi connectivity index (χ2n) is 11.0. The molecule has 0 bridgehead atoms. The summed E-state index contributed by atoms with van der Waals surface area (Å²) in [5.41, 5.74) is 8.29. The predicted molar refractivity (Wildman–Crippen MR) is 284 cm³/mol. The Morgan fingerprint density at radius 1 is 0.772 bits per heavy atom. The molecule has 57 heavy (non-hydrogen) atoms. The van der Waals surface area contributed by atoms with Crippen LogP contribution >= 0.6 is 0 Å². The minimum Gasteiger partial charge on any atom is -0.382 e. The van der Waals surface area contributed by atoms with Gasteiger partial charge < -0.3 is 5.32 Å². The van der Waals surface area contributed by atoms with E-state index < -0.39 is 0 Å². The van der Waals surface area contributed by atoms with Gasteiger partial charge in [-0.15, -0.1) is 26.3 Å². The summed E-state index contributed by atoms with van der Waals surface area (Å²) in [6.45, 7) is 71.1. The van der Waals surface area contributed by atoms with Crippen LogP contribution in [0.5, 0.6) is 0 Å². The summed E-state index contributed by atoms with van der Waals surface area (Å²) in [5.74, 6) is 1.58. The molecule has 1 heteroatoms. The number of hydrogen-bond donors (Lipinski definition) is 1. The normalized spacial score (nSPS) is 11.9. The van der Waals surface area contributed by atoms with Gasteiger partial charge in [0.2, 0.25) is 0 Å². The molecule has 3 unspecified atom stereocenters. The molecule has 0 saturated carbocycles. The first-order valence-electron chi connectivity index (χ1n) is 23.6. The van der Waals surface area contributed by atoms with Crippen LogP contribution in [0.15, 0.2) is 121 Å². The molecule has 0 aromatic carbocycles. The first kappa shape index (κ1) is 82.2. The molecule has 0 spiro atoms. The Bertz CT molecular complexity index is 900. The molecule has 3 atom stereocenters. The molecule has 1 aliphatic carbocycles. The van der Waals surface area contributed by atoms with E-state index in [4.69, 9.17) is 0 Å². The third-order valence-electron chi connectivity index (χ3n) is 6.96. The molecule has 344 valence electrons. The van der Waals surface area contributed by atoms with Crippen LogP contribution in [0, 0.1) is 11.8 Å². The maximum Gasteiger partial charge on any atom is 0.0476 e. The highest BCUT2D eigenvalue weighted by atomic mass is 14.9. The fourth-order valence-corrected chi connectivity index (χ4v) is 4.26. The van der Waals surface area contributed by atoms with E-state index in [1.807, 2.05) is 124 Å². The van der Waals surface area contributed by atoms with Crippen molar-refractivity contribution in [1.29, 1.82) is 0 Å². The van der Waals surface area contributed by atoms with E-state index in [1.54, 1.807) is 6.08 Å². The zero-order chi connectivity index (χ0) is 48.2. The lowest BCUT2D eigenvalue weighted by Crippen LogP contribution is -2.26. The van der Waals surface area contributed by atoms with Gasteiger partial charge in [0.1, 0.15) is 0 Å². The monoisotopic (exact) mass is 802 g/mol. The molecule has 0 amide bonds. The second-order valence-corrected chi connectivity index (χ2v) is 11.0. The van der Waals surface area contributed by atoms with Crippen LogP contribution in [0.2, 0.25) is 0 Å². The highest BCUT2D eigenvalue weighted by Gasteiger charge is 2.11. The van der Waals surface area contributed by atoms with Crippen molar-refractivity contribution in [2.24, 2.45) is 11.8 Å². The van der Waals surface area contributed by atoms with Gasteiger partial charge >= 0.3 is 0 Å². The summed E-state index contributed by atoms with van der Waals surface area (Å²) >= 11 is 0. The molecule has 1 N–H and O–H groups in total. The van der Waals surface area contributed by atoms with Gasteiger partial charge in [0.05, 0.1) is 0 Å². The van der Waals surface area contributed by atoms with Crippen molar-refractivity contribution in [3.05, 3.63) is 121 Å². The van der Waals surface area contributed by atoms with Crippen molar-refractivity contribution in [2.45, 2.75) is 231 Å². The van der Waals surface area contributed by atoms with Gasteiger partial charge in [-0.25, -0.2) is 0 Å². The molecule has 1 rings (SSSR count). The van der Waals surface area contributed by atoms with E-state index in [-0.39, 0.29) is 6.04 Å². The van der Waals surface area contributed by atoms with Crippen molar-refractivity contribution in [2.75, 3.05) is 0 Å². The van der Waals surface area contributed by atoms with Gasteiger partial charge in [-0.1, -0.05) is 235 Å². The van der Waals surface area contributed by atoms with Crippen molar-refractivity contribution < 1.29 is 0 Å². The van der Waals surface area contributed by atoms with Crippen LogP contribution in [0.4, 0.5) is 0 Å². The van der Waals surface area contributed by atoms with E-state index in [9.17, 15) is 0 Å². The highest BCUT2D eigenvalue weighted by molar-refractivity contribution is 5.31.